The molecule has 0 aliphatic carbocycles. The van der Waals surface area contributed by atoms with Gasteiger partial charge in [-0.2, -0.15) is 4.31 Å². The molecule has 4 nitrogen and oxygen atoms in total. The molecule has 0 saturated heterocycles. The highest BCUT2D eigenvalue weighted by molar-refractivity contribution is 7.89. The van der Waals surface area contributed by atoms with Gasteiger partial charge in [-0.15, -0.1) is 0 Å². The fourth-order valence-electron chi connectivity index (χ4n) is 1.93. The first-order valence-corrected chi connectivity index (χ1v) is 8.13. The van der Waals surface area contributed by atoms with E-state index in [0.29, 0.717) is 12.1 Å². The zero-order valence-electron chi connectivity index (χ0n) is 12.1. The molecule has 20 heavy (non-hydrogen) atoms. The maximum atomic E-state index is 12.6. The Hall–Kier alpha value is -1.35. The average Bonchev–Trinajstić information content (AvgIpc) is 2.45. The summed E-state index contributed by atoms with van der Waals surface area (Å²) in [5, 5.41) is 8.69. The minimum Gasteiger partial charge on any atom is -0.384 e. The first-order valence-electron chi connectivity index (χ1n) is 6.69. The summed E-state index contributed by atoms with van der Waals surface area (Å²) in [6, 6.07) is 6.46. The lowest BCUT2D eigenvalue weighted by Gasteiger charge is -2.26. The van der Waals surface area contributed by atoms with Crippen molar-refractivity contribution in [3.63, 3.8) is 0 Å². The van der Waals surface area contributed by atoms with Crippen molar-refractivity contribution in [1.29, 1.82) is 0 Å². The third kappa shape index (κ3) is 3.83. The van der Waals surface area contributed by atoms with Crippen molar-refractivity contribution < 1.29 is 13.5 Å². The molecule has 0 heterocycles. The summed E-state index contributed by atoms with van der Waals surface area (Å²) in [6.45, 7) is 5.89. The Balaban J connectivity index is 3.21. The van der Waals surface area contributed by atoms with E-state index in [2.05, 4.69) is 11.8 Å². The van der Waals surface area contributed by atoms with Crippen LogP contribution in [-0.4, -0.2) is 37.0 Å². The summed E-state index contributed by atoms with van der Waals surface area (Å²) in [4.78, 5) is 0.240. The second-order valence-electron chi connectivity index (χ2n) is 4.45. The molecule has 0 amide bonds. The van der Waals surface area contributed by atoms with E-state index in [1.807, 2.05) is 20.8 Å². The Morgan fingerprint density at radius 1 is 1.35 bits per heavy atom. The molecular weight excluding hydrogens is 274 g/mol. The van der Waals surface area contributed by atoms with E-state index in [1.165, 1.54) is 4.31 Å². The molecule has 5 heteroatoms. The third-order valence-electron chi connectivity index (χ3n) is 3.15. The minimum absolute atomic E-state index is 0.0443. The molecule has 1 atom stereocenters. The second kappa shape index (κ2) is 7.44. The number of rotatable bonds is 5. The van der Waals surface area contributed by atoms with Gasteiger partial charge in [-0.3, -0.25) is 0 Å². The normalized spacial score (nSPS) is 12.8. The standard InChI is InChI=1S/C15H21NO3S/c1-4-13(3)16(5-2)20(18,19)15-10-6-8-14(12-15)9-7-11-17/h6,8,10,12-13,17H,4-5,11H2,1-3H3. The molecule has 0 aliphatic rings. The van der Waals surface area contributed by atoms with E-state index in [9.17, 15) is 8.42 Å². The van der Waals surface area contributed by atoms with Crippen molar-refractivity contribution in [3.8, 4) is 11.8 Å². The van der Waals surface area contributed by atoms with Gasteiger partial charge in [0.05, 0.1) is 4.90 Å². The largest absolute Gasteiger partial charge is 0.384 e. The van der Waals surface area contributed by atoms with Crippen molar-refractivity contribution >= 4 is 10.0 Å². The Morgan fingerprint density at radius 2 is 2.05 bits per heavy atom. The fraction of sp³-hybridized carbons (Fsp3) is 0.467. The molecule has 0 aromatic heterocycles. The Kier molecular flexibility index (Phi) is 6.21. The van der Waals surface area contributed by atoms with Gasteiger partial charge in [0, 0.05) is 18.2 Å². The molecule has 0 aliphatic heterocycles. The Labute approximate surface area is 121 Å². The van der Waals surface area contributed by atoms with E-state index in [-0.39, 0.29) is 17.5 Å². The lowest BCUT2D eigenvalue weighted by Crippen LogP contribution is -2.38. The Morgan fingerprint density at radius 3 is 2.60 bits per heavy atom. The lowest BCUT2D eigenvalue weighted by molar-refractivity contribution is 0.342. The van der Waals surface area contributed by atoms with Crippen molar-refractivity contribution in [2.75, 3.05) is 13.2 Å². The summed E-state index contributed by atoms with van der Waals surface area (Å²) < 4.78 is 26.7. The van der Waals surface area contributed by atoms with Gasteiger partial charge in [-0.1, -0.05) is 31.8 Å². The highest BCUT2D eigenvalue weighted by Gasteiger charge is 2.26. The monoisotopic (exact) mass is 295 g/mol. The van der Waals surface area contributed by atoms with Crippen LogP contribution >= 0.6 is 0 Å². The fourth-order valence-corrected chi connectivity index (χ4v) is 3.69. The topological polar surface area (TPSA) is 57.6 Å². The van der Waals surface area contributed by atoms with Crippen LogP contribution in [-0.2, 0) is 10.0 Å². The Bertz CT molecular complexity index is 599. The summed E-state index contributed by atoms with van der Waals surface area (Å²) in [6.07, 6.45) is 0.761. The van der Waals surface area contributed by atoms with Crippen LogP contribution in [0.5, 0.6) is 0 Å². The smallest absolute Gasteiger partial charge is 0.243 e. The van der Waals surface area contributed by atoms with Crippen LogP contribution in [0.4, 0.5) is 0 Å². The van der Waals surface area contributed by atoms with Crippen molar-refractivity contribution in [2.45, 2.75) is 38.1 Å². The molecule has 0 spiro atoms. The molecule has 0 bridgehead atoms. The van der Waals surface area contributed by atoms with Gasteiger partial charge in [0.15, 0.2) is 0 Å². The van der Waals surface area contributed by atoms with Crippen molar-refractivity contribution in [3.05, 3.63) is 29.8 Å². The quantitative estimate of drug-likeness (QED) is 0.843. The first-order chi connectivity index (χ1) is 9.47. The van der Waals surface area contributed by atoms with Crippen molar-refractivity contribution in [2.24, 2.45) is 0 Å². The lowest BCUT2D eigenvalue weighted by atomic mass is 10.2. The van der Waals surface area contributed by atoms with E-state index < -0.39 is 10.0 Å². The van der Waals surface area contributed by atoms with Gasteiger partial charge in [0.1, 0.15) is 6.61 Å². The summed E-state index contributed by atoms with van der Waals surface area (Å²) in [5.74, 6) is 5.24. The molecular formula is C15H21NO3S. The molecule has 1 rings (SSSR count). The zero-order chi connectivity index (χ0) is 15.2. The summed E-state index contributed by atoms with van der Waals surface area (Å²) in [5.41, 5.74) is 0.584. The summed E-state index contributed by atoms with van der Waals surface area (Å²) in [7, 11) is -3.51. The minimum atomic E-state index is -3.51. The maximum absolute atomic E-state index is 12.6. The van der Waals surface area contributed by atoms with Crippen LogP contribution in [0.15, 0.2) is 29.2 Å². The molecule has 1 aromatic rings. The van der Waals surface area contributed by atoms with Gasteiger partial charge >= 0.3 is 0 Å². The van der Waals surface area contributed by atoms with Gasteiger partial charge in [-0.05, 0) is 31.5 Å². The number of hydrogen-bond donors (Lipinski definition) is 1. The molecule has 0 fully saturated rings. The first kappa shape index (κ1) is 16.7. The second-order valence-corrected chi connectivity index (χ2v) is 6.34. The van der Waals surface area contributed by atoms with Crippen LogP contribution in [0.1, 0.15) is 32.8 Å². The molecule has 110 valence electrons. The van der Waals surface area contributed by atoms with Crippen LogP contribution in [0.2, 0.25) is 0 Å². The number of sulfonamides is 1. The molecule has 1 unspecified atom stereocenters. The van der Waals surface area contributed by atoms with E-state index >= 15 is 0 Å². The average molecular weight is 295 g/mol. The zero-order valence-corrected chi connectivity index (χ0v) is 12.9. The molecule has 1 N–H and O–H groups in total. The van der Waals surface area contributed by atoms with Crippen LogP contribution in [0.3, 0.4) is 0 Å². The number of hydrogen-bond acceptors (Lipinski definition) is 3. The van der Waals surface area contributed by atoms with Gasteiger partial charge in [0.2, 0.25) is 10.0 Å². The molecule has 0 radical (unpaired) electrons. The van der Waals surface area contributed by atoms with Gasteiger partial charge < -0.3 is 5.11 Å². The highest BCUT2D eigenvalue weighted by Crippen LogP contribution is 2.20. The van der Waals surface area contributed by atoms with Crippen LogP contribution < -0.4 is 0 Å². The van der Waals surface area contributed by atoms with Gasteiger partial charge in [-0.25, -0.2) is 8.42 Å². The molecule has 0 saturated carbocycles. The van der Waals surface area contributed by atoms with E-state index in [1.54, 1.807) is 24.3 Å². The summed E-state index contributed by atoms with van der Waals surface area (Å²) >= 11 is 0. The van der Waals surface area contributed by atoms with Crippen LogP contribution in [0, 0.1) is 11.8 Å². The van der Waals surface area contributed by atoms with Crippen LogP contribution in [0.25, 0.3) is 0 Å². The predicted molar refractivity (Wildman–Crippen MR) is 79.7 cm³/mol. The molecule has 1 aromatic carbocycles. The predicted octanol–water partition coefficient (Wildman–Crippen LogP) is 1.84. The van der Waals surface area contributed by atoms with Gasteiger partial charge in [0.25, 0.3) is 0 Å². The van der Waals surface area contributed by atoms with E-state index in [4.69, 9.17) is 5.11 Å². The number of benzene rings is 1. The SMILES string of the molecule is CCC(C)N(CC)S(=O)(=O)c1cccc(C#CCO)c1. The highest BCUT2D eigenvalue weighted by atomic mass is 32.2. The number of nitrogens with zero attached hydrogens (tertiary/aromatic N) is 1. The number of aliphatic hydroxyl groups excluding tert-OH is 1. The van der Waals surface area contributed by atoms with E-state index in [0.717, 1.165) is 6.42 Å². The van der Waals surface area contributed by atoms with Crippen molar-refractivity contribution in [1.82, 2.24) is 4.31 Å². The third-order valence-corrected chi connectivity index (χ3v) is 5.23. The number of aliphatic hydroxyl groups is 1. The maximum Gasteiger partial charge on any atom is 0.243 e.